The Morgan fingerprint density at radius 2 is 2.20 bits per heavy atom. The lowest BCUT2D eigenvalue weighted by Gasteiger charge is -2.06. The minimum Gasteiger partial charge on any atom is -0.340 e. The Morgan fingerprint density at radius 1 is 1.40 bits per heavy atom. The molecule has 0 radical (unpaired) electrons. The topological polar surface area (TPSA) is 48.0 Å². The Balaban J connectivity index is 2.60. The molecule has 2 rings (SSSR count). The quantitative estimate of drug-likeness (QED) is 0.823. The predicted molar refractivity (Wildman–Crippen MR) is 60.5 cm³/mol. The summed E-state index contributed by atoms with van der Waals surface area (Å²) in [5, 5.41) is 1.14. The summed E-state index contributed by atoms with van der Waals surface area (Å²) >= 11 is 0. The van der Waals surface area contributed by atoms with Gasteiger partial charge in [0.05, 0.1) is 12.1 Å². The van der Waals surface area contributed by atoms with Gasteiger partial charge < -0.3 is 10.3 Å². The zero-order valence-corrected chi connectivity index (χ0v) is 8.73. The molecule has 0 aliphatic rings. The van der Waals surface area contributed by atoms with Gasteiger partial charge in [0.2, 0.25) is 0 Å². The predicted octanol–water partition coefficient (Wildman–Crippen LogP) is 1.69. The first kappa shape index (κ1) is 9.93. The average Bonchev–Trinajstić information content (AvgIpc) is 2.61. The minimum atomic E-state index is 0.152. The van der Waals surface area contributed by atoms with Crippen molar-refractivity contribution in [2.45, 2.75) is 20.0 Å². The van der Waals surface area contributed by atoms with Gasteiger partial charge in [-0.3, -0.25) is 4.79 Å². The number of fused-ring (bicyclic) bond motifs is 1. The maximum atomic E-state index is 11.1. The van der Waals surface area contributed by atoms with Crippen LogP contribution in [0.1, 0.15) is 12.5 Å². The number of nitrogens with two attached hydrogens (primary N) is 1. The van der Waals surface area contributed by atoms with Crippen molar-refractivity contribution in [2.75, 3.05) is 0 Å². The summed E-state index contributed by atoms with van der Waals surface area (Å²) in [6.07, 6.45) is 1.94. The van der Waals surface area contributed by atoms with Crippen molar-refractivity contribution in [1.29, 1.82) is 0 Å². The number of carbonyl (C=O) groups is 1. The molecule has 0 saturated carbocycles. The molecule has 0 saturated heterocycles. The van der Waals surface area contributed by atoms with Crippen molar-refractivity contribution in [1.82, 2.24) is 4.57 Å². The van der Waals surface area contributed by atoms with E-state index in [9.17, 15) is 4.79 Å². The van der Waals surface area contributed by atoms with E-state index in [1.54, 1.807) is 6.92 Å². The zero-order valence-electron chi connectivity index (χ0n) is 8.73. The second-order valence-electron chi connectivity index (χ2n) is 3.70. The van der Waals surface area contributed by atoms with E-state index in [0.29, 0.717) is 13.1 Å². The standard InChI is InChI=1S/C12H14N2O/c1-9(15)8-14-6-5-10-3-2-4-11(7-13)12(10)14/h2-6H,7-8,13H2,1H3. The maximum absolute atomic E-state index is 11.1. The molecular formula is C12H14N2O. The first-order valence-electron chi connectivity index (χ1n) is 4.98. The Bertz CT molecular complexity index is 499. The van der Waals surface area contributed by atoms with Gasteiger partial charge >= 0.3 is 0 Å². The lowest BCUT2D eigenvalue weighted by molar-refractivity contribution is -0.117. The highest BCUT2D eigenvalue weighted by molar-refractivity contribution is 5.85. The van der Waals surface area contributed by atoms with E-state index in [0.717, 1.165) is 16.5 Å². The number of ketones is 1. The molecule has 78 valence electrons. The number of aromatic nitrogens is 1. The third kappa shape index (κ3) is 1.78. The van der Waals surface area contributed by atoms with Crippen LogP contribution in [0.5, 0.6) is 0 Å². The second kappa shape index (κ2) is 3.87. The van der Waals surface area contributed by atoms with Crippen molar-refractivity contribution >= 4 is 16.7 Å². The zero-order chi connectivity index (χ0) is 10.8. The molecule has 1 aromatic carbocycles. The van der Waals surface area contributed by atoms with Gasteiger partial charge in [0, 0.05) is 12.7 Å². The normalized spacial score (nSPS) is 10.8. The van der Waals surface area contributed by atoms with Gasteiger partial charge in [0.1, 0.15) is 5.78 Å². The largest absolute Gasteiger partial charge is 0.340 e. The van der Waals surface area contributed by atoms with Gasteiger partial charge in [-0.15, -0.1) is 0 Å². The number of rotatable bonds is 3. The van der Waals surface area contributed by atoms with Crippen LogP contribution in [0.15, 0.2) is 30.5 Å². The van der Waals surface area contributed by atoms with Crippen LogP contribution in [0.25, 0.3) is 10.9 Å². The summed E-state index contributed by atoms with van der Waals surface area (Å²) in [6.45, 7) is 2.51. The number of Topliss-reactive ketones (excluding diaryl/α,β-unsaturated/α-hetero) is 1. The molecule has 2 aromatic rings. The minimum absolute atomic E-state index is 0.152. The number of benzene rings is 1. The van der Waals surface area contributed by atoms with E-state index in [1.807, 2.05) is 35.0 Å². The molecule has 0 amide bonds. The number of para-hydroxylation sites is 1. The van der Waals surface area contributed by atoms with Crippen LogP contribution in [0, 0.1) is 0 Å². The molecule has 15 heavy (non-hydrogen) atoms. The molecule has 1 aromatic heterocycles. The first-order valence-corrected chi connectivity index (χ1v) is 4.98. The highest BCUT2D eigenvalue weighted by Gasteiger charge is 2.06. The van der Waals surface area contributed by atoms with Crippen molar-refractivity contribution in [2.24, 2.45) is 5.73 Å². The van der Waals surface area contributed by atoms with E-state index >= 15 is 0 Å². The SMILES string of the molecule is CC(=O)Cn1ccc2cccc(CN)c21. The summed E-state index contributed by atoms with van der Waals surface area (Å²) in [7, 11) is 0. The van der Waals surface area contributed by atoms with Gasteiger partial charge in [-0.05, 0) is 23.9 Å². The highest BCUT2D eigenvalue weighted by atomic mass is 16.1. The number of nitrogens with zero attached hydrogens (tertiary/aromatic N) is 1. The van der Waals surface area contributed by atoms with Gasteiger partial charge in [0.15, 0.2) is 0 Å². The Labute approximate surface area is 88.5 Å². The van der Waals surface area contributed by atoms with E-state index in [1.165, 1.54) is 0 Å². The van der Waals surface area contributed by atoms with Crippen molar-refractivity contribution in [3.63, 3.8) is 0 Å². The molecule has 0 fully saturated rings. The molecule has 3 heteroatoms. The van der Waals surface area contributed by atoms with Crippen LogP contribution in [-0.4, -0.2) is 10.4 Å². The molecule has 0 bridgehead atoms. The van der Waals surface area contributed by atoms with E-state index < -0.39 is 0 Å². The van der Waals surface area contributed by atoms with Crippen LogP contribution in [-0.2, 0) is 17.9 Å². The van der Waals surface area contributed by atoms with Crippen LogP contribution >= 0.6 is 0 Å². The van der Waals surface area contributed by atoms with Crippen LogP contribution in [0.3, 0.4) is 0 Å². The van der Waals surface area contributed by atoms with Gasteiger partial charge in [-0.2, -0.15) is 0 Å². The highest BCUT2D eigenvalue weighted by Crippen LogP contribution is 2.19. The van der Waals surface area contributed by atoms with Crippen molar-refractivity contribution in [3.8, 4) is 0 Å². The summed E-state index contributed by atoms with van der Waals surface area (Å²) in [5.74, 6) is 0.152. The van der Waals surface area contributed by atoms with Crippen LogP contribution < -0.4 is 5.73 Å². The van der Waals surface area contributed by atoms with Gasteiger partial charge in [-0.25, -0.2) is 0 Å². The van der Waals surface area contributed by atoms with Crippen LogP contribution in [0.2, 0.25) is 0 Å². The van der Waals surface area contributed by atoms with E-state index in [4.69, 9.17) is 5.73 Å². The smallest absolute Gasteiger partial charge is 0.149 e. The Morgan fingerprint density at radius 3 is 2.87 bits per heavy atom. The fraction of sp³-hybridized carbons (Fsp3) is 0.250. The van der Waals surface area contributed by atoms with Crippen LogP contribution in [0.4, 0.5) is 0 Å². The molecule has 0 aliphatic carbocycles. The summed E-state index contributed by atoms with van der Waals surface area (Å²) in [6, 6.07) is 8.03. The average molecular weight is 202 g/mol. The first-order chi connectivity index (χ1) is 7.22. The number of hydrogen-bond donors (Lipinski definition) is 1. The summed E-state index contributed by atoms with van der Waals surface area (Å²) in [4.78, 5) is 11.1. The Kier molecular flexibility index (Phi) is 2.56. The second-order valence-corrected chi connectivity index (χ2v) is 3.70. The molecule has 2 N–H and O–H groups in total. The fourth-order valence-corrected chi connectivity index (χ4v) is 1.88. The molecule has 0 atom stereocenters. The third-order valence-corrected chi connectivity index (χ3v) is 2.48. The molecule has 3 nitrogen and oxygen atoms in total. The molecular weight excluding hydrogens is 188 g/mol. The van der Waals surface area contributed by atoms with Gasteiger partial charge in [0.25, 0.3) is 0 Å². The lowest BCUT2D eigenvalue weighted by atomic mass is 10.1. The lowest BCUT2D eigenvalue weighted by Crippen LogP contribution is -2.07. The summed E-state index contributed by atoms with van der Waals surface area (Å²) < 4.78 is 1.96. The molecule has 1 heterocycles. The monoisotopic (exact) mass is 202 g/mol. The van der Waals surface area contributed by atoms with E-state index in [2.05, 4.69) is 0 Å². The van der Waals surface area contributed by atoms with Crippen molar-refractivity contribution < 1.29 is 4.79 Å². The third-order valence-electron chi connectivity index (χ3n) is 2.48. The molecule has 0 unspecified atom stereocenters. The maximum Gasteiger partial charge on any atom is 0.149 e. The summed E-state index contributed by atoms with van der Waals surface area (Å²) in [5.41, 5.74) is 7.84. The fourth-order valence-electron chi connectivity index (χ4n) is 1.88. The van der Waals surface area contributed by atoms with Crippen molar-refractivity contribution in [3.05, 3.63) is 36.0 Å². The molecule has 0 spiro atoms. The number of hydrogen-bond acceptors (Lipinski definition) is 2. The number of carbonyl (C=O) groups excluding carboxylic acids is 1. The van der Waals surface area contributed by atoms with E-state index in [-0.39, 0.29) is 5.78 Å². The molecule has 0 aliphatic heterocycles. The Hall–Kier alpha value is -1.61. The van der Waals surface area contributed by atoms with Gasteiger partial charge in [-0.1, -0.05) is 18.2 Å².